The minimum atomic E-state index is -0.312. The third-order valence-electron chi connectivity index (χ3n) is 4.54. The Balaban J connectivity index is 1.60. The first kappa shape index (κ1) is 16.0. The molecule has 4 heterocycles. The first-order chi connectivity index (χ1) is 13.1. The van der Waals surface area contributed by atoms with Crippen LogP contribution in [0, 0.1) is 5.82 Å². The highest BCUT2D eigenvalue weighted by Crippen LogP contribution is 2.31. The number of hydrogen-bond donors (Lipinski definition) is 0. The van der Waals surface area contributed by atoms with Gasteiger partial charge in [-0.1, -0.05) is 24.3 Å². The van der Waals surface area contributed by atoms with Crippen molar-refractivity contribution in [1.82, 2.24) is 34.6 Å². The van der Waals surface area contributed by atoms with E-state index in [1.54, 1.807) is 21.6 Å². The molecular weight excluding hydrogens is 365 g/mol. The minimum absolute atomic E-state index is 0.312. The Hall–Kier alpha value is -3.20. The van der Waals surface area contributed by atoms with E-state index in [-0.39, 0.29) is 11.7 Å². The summed E-state index contributed by atoms with van der Waals surface area (Å²) in [5, 5.41) is 18.9. The van der Waals surface area contributed by atoms with Gasteiger partial charge in [-0.05, 0) is 17.7 Å². The van der Waals surface area contributed by atoms with Crippen LogP contribution in [0.15, 0.2) is 42.9 Å². The second-order valence-electron chi connectivity index (χ2n) is 6.35. The summed E-state index contributed by atoms with van der Waals surface area (Å²) in [7, 11) is 1.86. The zero-order valence-corrected chi connectivity index (χ0v) is 15.4. The van der Waals surface area contributed by atoms with Crippen LogP contribution in [0.3, 0.4) is 0 Å². The van der Waals surface area contributed by atoms with E-state index < -0.39 is 0 Å². The molecule has 0 amide bonds. The van der Waals surface area contributed by atoms with Crippen LogP contribution < -0.4 is 0 Å². The predicted octanol–water partition coefficient (Wildman–Crippen LogP) is 3.43. The van der Waals surface area contributed by atoms with E-state index in [1.165, 1.54) is 17.4 Å². The molecule has 27 heavy (non-hydrogen) atoms. The molecule has 134 valence electrons. The number of nitrogens with zero attached hydrogens (tertiary/aromatic N) is 7. The maximum Gasteiger partial charge on any atom is 0.235 e. The van der Waals surface area contributed by atoms with Gasteiger partial charge in [0, 0.05) is 36.8 Å². The summed E-state index contributed by atoms with van der Waals surface area (Å²) >= 11 is 1.43. The van der Waals surface area contributed by atoms with E-state index in [2.05, 4.69) is 25.4 Å². The molecule has 0 aliphatic carbocycles. The zero-order valence-electron chi connectivity index (χ0n) is 14.5. The minimum Gasteiger partial charge on any atom is -0.275 e. The van der Waals surface area contributed by atoms with Gasteiger partial charge in [-0.2, -0.15) is 14.7 Å². The summed E-state index contributed by atoms with van der Waals surface area (Å²) in [6, 6.07) is 7.03. The fourth-order valence-electron chi connectivity index (χ4n) is 3.13. The summed E-state index contributed by atoms with van der Waals surface area (Å²) in [5.41, 5.74) is 2.08. The van der Waals surface area contributed by atoms with Crippen molar-refractivity contribution in [3.05, 3.63) is 60.1 Å². The topological polar surface area (TPSA) is 73.8 Å². The summed E-state index contributed by atoms with van der Waals surface area (Å²) in [4.78, 5) is 4.87. The van der Waals surface area contributed by atoms with Gasteiger partial charge in [-0.15, -0.1) is 10.2 Å². The Labute approximate surface area is 157 Å². The molecule has 1 aromatic carbocycles. The lowest BCUT2D eigenvalue weighted by Crippen LogP contribution is -2.06. The van der Waals surface area contributed by atoms with Crippen molar-refractivity contribution >= 4 is 27.2 Å². The lowest BCUT2D eigenvalue weighted by atomic mass is 9.98. The van der Waals surface area contributed by atoms with E-state index in [0.717, 1.165) is 16.0 Å². The van der Waals surface area contributed by atoms with Gasteiger partial charge in [0.25, 0.3) is 0 Å². The van der Waals surface area contributed by atoms with Crippen LogP contribution in [0.4, 0.5) is 4.39 Å². The van der Waals surface area contributed by atoms with Gasteiger partial charge >= 0.3 is 0 Å². The highest BCUT2D eigenvalue weighted by Gasteiger charge is 2.22. The molecule has 9 heteroatoms. The van der Waals surface area contributed by atoms with Crippen LogP contribution in [0.5, 0.6) is 0 Å². The van der Waals surface area contributed by atoms with Gasteiger partial charge in [0.05, 0.1) is 17.3 Å². The first-order valence-electron chi connectivity index (χ1n) is 8.35. The van der Waals surface area contributed by atoms with Crippen molar-refractivity contribution in [2.24, 2.45) is 7.05 Å². The van der Waals surface area contributed by atoms with Crippen molar-refractivity contribution in [3.8, 4) is 10.6 Å². The Morgan fingerprint density at radius 1 is 1.22 bits per heavy atom. The van der Waals surface area contributed by atoms with Crippen molar-refractivity contribution < 1.29 is 4.39 Å². The standard InChI is InChI=1S/C18H14FN7S/c1-10(13-6-11-4-3-5-20-15(11)7-14(13)19)16-22-23-18-26(16)24-17(27-18)12-8-21-25(2)9-12/h3-10H,1-2H3/t10-/m1/s1. The number of rotatable bonds is 3. The highest BCUT2D eigenvalue weighted by atomic mass is 32.1. The normalized spacial score (nSPS) is 12.9. The van der Waals surface area contributed by atoms with Crippen molar-refractivity contribution in [2.45, 2.75) is 12.8 Å². The average molecular weight is 379 g/mol. The number of aromatic nitrogens is 7. The van der Waals surface area contributed by atoms with Gasteiger partial charge in [0.15, 0.2) is 10.8 Å². The maximum absolute atomic E-state index is 14.7. The lowest BCUT2D eigenvalue weighted by molar-refractivity contribution is 0.597. The second kappa shape index (κ2) is 5.92. The average Bonchev–Trinajstić information content (AvgIpc) is 3.35. The molecule has 0 fully saturated rings. The molecule has 0 bridgehead atoms. The quantitative estimate of drug-likeness (QED) is 0.480. The van der Waals surface area contributed by atoms with Crippen LogP contribution in [-0.4, -0.2) is 34.6 Å². The van der Waals surface area contributed by atoms with Crippen LogP contribution in [0.1, 0.15) is 24.2 Å². The molecule has 0 N–H and O–H groups in total. The van der Waals surface area contributed by atoms with Crippen LogP contribution in [0.2, 0.25) is 0 Å². The number of fused-ring (bicyclic) bond motifs is 2. The van der Waals surface area contributed by atoms with Gasteiger partial charge in [0.1, 0.15) is 5.82 Å². The van der Waals surface area contributed by atoms with Crippen LogP contribution in [-0.2, 0) is 7.05 Å². The Morgan fingerprint density at radius 3 is 2.93 bits per heavy atom. The molecule has 0 spiro atoms. The lowest BCUT2D eigenvalue weighted by Gasteiger charge is -2.11. The van der Waals surface area contributed by atoms with Gasteiger partial charge < -0.3 is 0 Å². The molecular formula is C18H14FN7S. The SMILES string of the molecule is C[C@H](c1cc2cccnc2cc1F)c1nnc2sc(-c3cnn(C)c3)nn12. The van der Waals surface area contributed by atoms with Crippen LogP contribution >= 0.6 is 11.3 Å². The fourth-order valence-corrected chi connectivity index (χ4v) is 3.95. The second-order valence-corrected chi connectivity index (χ2v) is 7.31. The molecule has 0 radical (unpaired) electrons. The smallest absolute Gasteiger partial charge is 0.235 e. The number of halogens is 1. The van der Waals surface area contributed by atoms with E-state index in [9.17, 15) is 4.39 Å². The Kier molecular flexibility index (Phi) is 3.51. The first-order valence-corrected chi connectivity index (χ1v) is 9.17. The monoisotopic (exact) mass is 379 g/mol. The van der Waals surface area contributed by atoms with Gasteiger partial charge in [-0.3, -0.25) is 9.67 Å². The number of benzene rings is 1. The molecule has 0 unspecified atom stereocenters. The summed E-state index contributed by atoms with van der Waals surface area (Å²) in [6.45, 7) is 1.90. The van der Waals surface area contributed by atoms with Gasteiger partial charge in [-0.25, -0.2) is 4.39 Å². The molecule has 5 aromatic rings. The summed E-state index contributed by atoms with van der Waals surface area (Å²) in [6.07, 6.45) is 5.30. The van der Waals surface area contributed by atoms with Crippen molar-refractivity contribution in [1.29, 1.82) is 0 Å². The highest BCUT2D eigenvalue weighted by molar-refractivity contribution is 7.19. The molecule has 1 atom stereocenters. The van der Waals surface area contributed by atoms with Crippen molar-refractivity contribution in [3.63, 3.8) is 0 Å². The molecule has 0 saturated carbocycles. The fraction of sp³-hybridized carbons (Fsp3) is 0.167. The molecule has 0 aliphatic heterocycles. The Bertz CT molecular complexity index is 1290. The predicted molar refractivity (Wildman–Crippen MR) is 100 cm³/mol. The molecule has 5 rings (SSSR count). The van der Waals surface area contributed by atoms with E-state index in [1.807, 2.05) is 38.4 Å². The summed E-state index contributed by atoms with van der Waals surface area (Å²) < 4.78 is 18.1. The number of hydrogen-bond acceptors (Lipinski definition) is 6. The van der Waals surface area contributed by atoms with Crippen LogP contribution in [0.25, 0.3) is 26.4 Å². The van der Waals surface area contributed by atoms with Crippen molar-refractivity contribution in [2.75, 3.05) is 0 Å². The largest absolute Gasteiger partial charge is 0.275 e. The maximum atomic E-state index is 14.7. The number of aryl methyl sites for hydroxylation is 1. The Morgan fingerprint density at radius 2 is 2.11 bits per heavy atom. The van der Waals surface area contributed by atoms with E-state index in [4.69, 9.17) is 0 Å². The van der Waals surface area contributed by atoms with E-state index in [0.29, 0.717) is 21.9 Å². The van der Waals surface area contributed by atoms with E-state index >= 15 is 0 Å². The molecule has 4 aromatic heterocycles. The number of pyridine rings is 1. The third kappa shape index (κ3) is 2.58. The molecule has 0 saturated heterocycles. The molecule has 0 aliphatic rings. The van der Waals surface area contributed by atoms with Gasteiger partial charge in [0.2, 0.25) is 4.96 Å². The molecule has 7 nitrogen and oxygen atoms in total. The zero-order chi connectivity index (χ0) is 18.5. The third-order valence-corrected chi connectivity index (χ3v) is 5.49. The summed E-state index contributed by atoms with van der Waals surface area (Å²) in [5.74, 6) is -0.0276.